The molecule has 0 unspecified atom stereocenters. The number of rotatable bonds is 8. The molecule has 0 bridgehead atoms. The second-order valence-corrected chi connectivity index (χ2v) is 9.49. The van der Waals surface area contributed by atoms with E-state index in [4.69, 9.17) is 4.74 Å². The molecule has 9 nitrogen and oxygen atoms in total. The maximum Gasteiger partial charge on any atom is 0.322 e. The van der Waals surface area contributed by atoms with Crippen LogP contribution in [0.1, 0.15) is 46.0 Å². The molecule has 0 heterocycles. The average Bonchev–Trinajstić information content (AvgIpc) is 2.68. The third-order valence-corrected chi connectivity index (χ3v) is 6.68. The smallest absolute Gasteiger partial charge is 0.322 e. The van der Waals surface area contributed by atoms with Crippen molar-refractivity contribution >= 4 is 33.5 Å². The molecule has 2 rings (SSSR count). The molecule has 0 spiro atoms. The van der Waals surface area contributed by atoms with Gasteiger partial charge in [0.2, 0.25) is 15.9 Å². The number of esters is 1. The predicted octanol–water partition coefficient (Wildman–Crippen LogP) is 1.65. The van der Waals surface area contributed by atoms with Crippen LogP contribution >= 0.6 is 0 Å². The highest BCUT2D eigenvalue weighted by Crippen LogP contribution is 2.19. The first-order valence-corrected chi connectivity index (χ1v) is 11.4. The summed E-state index contributed by atoms with van der Waals surface area (Å²) in [4.78, 5) is 35.4. The van der Waals surface area contributed by atoms with Gasteiger partial charge >= 0.3 is 5.97 Å². The van der Waals surface area contributed by atoms with Gasteiger partial charge in [-0.15, -0.1) is 0 Å². The molecule has 2 amide bonds. The van der Waals surface area contributed by atoms with E-state index in [0.29, 0.717) is 5.69 Å². The highest BCUT2D eigenvalue weighted by molar-refractivity contribution is 7.89. The quantitative estimate of drug-likeness (QED) is 0.594. The number of sulfonamides is 1. The van der Waals surface area contributed by atoms with Crippen LogP contribution in [0.4, 0.5) is 5.69 Å². The van der Waals surface area contributed by atoms with Gasteiger partial charge in [0.1, 0.15) is 6.54 Å². The van der Waals surface area contributed by atoms with Crippen molar-refractivity contribution in [2.45, 2.75) is 63.0 Å². The zero-order valence-electron chi connectivity index (χ0n) is 17.5. The van der Waals surface area contributed by atoms with Gasteiger partial charge in [-0.05, 0) is 44.0 Å². The Morgan fingerprint density at radius 1 is 1.13 bits per heavy atom. The molecule has 1 aliphatic carbocycles. The molecule has 1 fully saturated rings. The molecule has 1 aromatic carbocycles. The van der Waals surface area contributed by atoms with Crippen LogP contribution in [0, 0.1) is 0 Å². The van der Waals surface area contributed by atoms with E-state index < -0.39 is 28.6 Å². The molecule has 0 aromatic heterocycles. The summed E-state index contributed by atoms with van der Waals surface area (Å²) in [7, 11) is -2.68. The van der Waals surface area contributed by atoms with E-state index in [1.807, 2.05) is 0 Å². The molecule has 0 radical (unpaired) electrons. The molecular formula is C20H29N3O6S. The van der Waals surface area contributed by atoms with Crippen molar-refractivity contribution in [3.8, 4) is 0 Å². The number of nitrogens with zero attached hydrogens (tertiary/aromatic N) is 1. The largest absolute Gasteiger partial charge is 0.452 e. The molecule has 1 aliphatic rings. The van der Waals surface area contributed by atoms with Crippen LogP contribution in [0.5, 0.6) is 0 Å². The lowest BCUT2D eigenvalue weighted by molar-refractivity contribution is -0.155. The summed E-state index contributed by atoms with van der Waals surface area (Å²) in [5.74, 6) is -1.47. The van der Waals surface area contributed by atoms with E-state index in [1.54, 1.807) is 0 Å². The Hall–Kier alpha value is -2.46. The van der Waals surface area contributed by atoms with Crippen molar-refractivity contribution in [2.75, 3.05) is 18.9 Å². The van der Waals surface area contributed by atoms with Gasteiger partial charge in [-0.1, -0.05) is 19.3 Å². The Morgan fingerprint density at radius 2 is 1.73 bits per heavy atom. The fourth-order valence-electron chi connectivity index (χ4n) is 3.21. The Balaban J connectivity index is 1.90. The van der Waals surface area contributed by atoms with E-state index in [9.17, 15) is 22.8 Å². The molecule has 1 atom stereocenters. The van der Waals surface area contributed by atoms with Crippen molar-refractivity contribution in [1.29, 1.82) is 0 Å². The summed E-state index contributed by atoms with van der Waals surface area (Å²) in [6.07, 6.45) is 4.10. The van der Waals surface area contributed by atoms with Crippen molar-refractivity contribution in [1.82, 2.24) is 9.62 Å². The van der Waals surface area contributed by atoms with Gasteiger partial charge in [-0.3, -0.25) is 14.4 Å². The monoisotopic (exact) mass is 439 g/mol. The van der Waals surface area contributed by atoms with Crippen LogP contribution in [0.15, 0.2) is 29.2 Å². The first-order chi connectivity index (χ1) is 14.1. The molecule has 166 valence electrons. The minimum absolute atomic E-state index is 0.0324. The molecule has 2 N–H and O–H groups in total. The van der Waals surface area contributed by atoms with Crippen molar-refractivity contribution < 1.29 is 27.5 Å². The Morgan fingerprint density at radius 3 is 2.30 bits per heavy atom. The summed E-state index contributed by atoms with van der Waals surface area (Å²) in [5.41, 5.74) is 0.460. The summed E-state index contributed by atoms with van der Waals surface area (Å²) in [6.45, 7) is 2.28. The highest BCUT2D eigenvalue weighted by atomic mass is 32.2. The van der Waals surface area contributed by atoms with Gasteiger partial charge in [-0.25, -0.2) is 8.42 Å². The topological polar surface area (TPSA) is 122 Å². The Bertz CT molecular complexity index is 863. The van der Waals surface area contributed by atoms with Gasteiger partial charge in [0.15, 0.2) is 6.10 Å². The van der Waals surface area contributed by atoms with Crippen molar-refractivity contribution in [3.63, 3.8) is 0 Å². The number of amides is 2. The van der Waals surface area contributed by atoms with E-state index >= 15 is 0 Å². The van der Waals surface area contributed by atoms with Gasteiger partial charge in [0.05, 0.1) is 4.90 Å². The number of hydrogen-bond acceptors (Lipinski definition) is 6. The summed E-state index contributed by atoms with van der Waals surface area (Å²) < 4.78 is 31.2. The molecule has 1 saturated carbocycles. The van der Waals surface area contributed by atoms with Crippen LogP contribution in [0.3, 0.4) is 0 Å². The van der Waals surface area contributed by atoms with Gasteiger partial charge in [0.25, 0.3) is 5.91 Å². The lowest BCUT2D eigenvalue weighted by Gasteiger charge is -2.24. The first kappa shape index (κ1) is 23.8. The minimum atomic E-state index is -3.94. The number of nitrogens with one attached hydrogen (secondary N) is 2. The van der Waals surface area contributed by atoms with Crippen molar-refractivity contribution in [2.24, 2.45) is 0 Å². The summed E-state index contributed by atoms with van der Waals surface area (Å²) >= 11 is 0. The van der Waals surface area contributed by atoms with Crippen LogP contribution in [0.25, 0.3) is 0 Å². The number of anilines is 1. The van der Waals surface area contributed by atoms with Crippen LogP contribution in [-0.2, 0) is 29.1 Å². The molecule has 30 heavy (non-hydrogen) atoms. The minimum Gasteiger partial charge on any atom is -0.452 e. The molecule has 10 heteroatoms. The molecular weight excluding hydrogens is 410 g/mol. The number of ether oxygens (including phenoxy) is 1. The van der Waals surface area contributed by atoms with Crippen molar-refractivity contribution in [3.05, 3.63) is 24.3 Å². The zero-order valence-corrected chi connectivity index (χ0v) is 18.3. The second-order valence-electron chi connectivity index (χ2n) is 7.44. The van der Waals surface area contributed by atoms with Gasteiger partial charge < -0.3 is 15.4 Å². The molecule has 0 aliphatic heterocycles. The number of likely N-dealkylation sites (N-methyl/N-ethyl adjacent to an activating group) is 1. The molecule has 1 aromatic rings. The van der Waals surface area contributed by atoms with Gasteiger partial charge in [0, 0.05) is 25.7 Å². The van der Waals surface area contributed by atoms with E-state index in [-0.39, 0.29) is 22.8 Å². The summed E-state index contributed by atoms with van der Waals surface area (Å²) in [5, 5.41) is 5.42. The maximum atomic E-state index is 12.6. The fourth-order valence-corrected chi connectivity index (χ4v) is 4.33. The number of hydrogen-bond donors (Lipinski definition) is 2. The first-order valence-electron chi connectivity index (χ1n) is 9.93. The third kappa shape index (κ3) is 6.81. The lowest BCUT2D eigenvalue weighted by atomic mass is 9.95. The normalized spacial score (nSPS) is 16.0. The second kappa shape index (κ2) is 10.5. The number of benzene rings is 1. The van der Waals surface area contributed by atoms with Crippen LogP contribution in [-0.4, -0.2) is 56.2 Å². The third-order valence-electron chi connectivity index (χ3n) is 4.86. The van der Waals surface area contributed by atoms with Gasteiger partial charge in [-0.2, -0.15) is 4.31 Å². The summed E-state index contributed by atoms with van der Waals surface area (Å²) in [6, 6.07) is 5.68. The van der Waals surface area contributed by atoms with E-state index in [1.165, 1.54) is 45.2 Å². The molecule has 0 saturated heterocycles. The predicted molar refractivity (Wildman–Crippen MR) is 111 cm³/mol. The SMILES string of the molecule is CC(=O)Nc1ccc(S(=O)(=O)N(C)CC(=O)O[C@@H](C)C(=O)NC2CCCCC2)cc1. The maximum absolute atomic E-state index is 12.6. The highest BCUT2D eigenvalue weighted by Gasteiger charge is 2.26. The Labute approximate surface area is 177 Å². The number of carbonyl (C=O) groups is 3. The number of carbonyl (C=O) groups excluding carboxylic acids is 3. The Kier molecular flexibility index (Phi) is 8.36. The van der Waals surface area contributed by atoms with E-state index in [0.717, 1.165) is 36.4 Å². The fraction of sp³-hybridized carbons (Fsp3) is 0.550. The van der Waals surface area contributed by atoms with Crippen LogP contribution < -0.4 is 10.6 Å². The van der Waals surface area contributed by atoms with E-state index in [2.05, 4.69) is 10.6 Å². The zero-order chi connectivity index (χ0) is 22.3. The standard InChI is InChI=1S/C20H29N3O6S/c1-14(20(26)22-16-7-5-4-6-8-16)29-19(25)13-23(3)30(27,28)18-11-9-17(10-12-18)21-15(2)24/h9-12,14,16H,4-8,13H2,1-3H3,(H,21,24)(H,22,26)/t14-/m0/s1. The van der Waals surface area contributed by atoms with Crippen LogP contribution in [0.2, 0.25) is 0 Å². The average molecular weight is 440 g/mol. The lowest BCUT2D eigenvalue weighted by Crippen LogP contribution is -2.44.